The number of carbonyl (C=O) groups is 1. The number of carbonyl (C=O) groups excluding carboxylic acids is 1. The molecule has 4 nitrogen and oxygen atoms in total. The summed E-state index contributed by atoms with van der Waals surface area (Å²) in [4.78, 5) is 14.9. The molecule has 0 saturated carbocycles. The van der Waals surface area contributed by atoms with E-state index >= 15 is 0 Å². The molecule has 1 unspecified atom stereocenters. The lowest BCUT2D eigenvalue weighted by molar-refractivity contribution is 0.0692. The largest absolute Gasteiger partial charge is 0.493 e. The Morgan fingerprint density at radius 1 is 0.931 bits per heavy atom. The molecular formula is C25H26N2O2. The number of hydrogen-bond donors (Lipinski definition) is 1. The van der Waals surface area contributed by atoms with Crippen LogP contribution in [0.15, 0.2) is 78.9 Å². The van der Waals surface area contributed by atoms with Crippen molar-refractivity contribution >= 4 is 11.6 Å². The van der Waals surface area contributed by atoms with Gasteiger partial charge in [0, 0.05) is 17.8 Å². The monoisotopic (exact) mass is 386 g/mol. The van der Waals surface area contributed by atoms with Crippen molar-refractivity contribution in [3.8, 4) is 5.75 Å². The molecule has 1 N–H and O–H groups in total. The van der Waals surface area contributed by atoms with Crippen LogP contribution in [0.2, 0.25) is 0 Å². The number of anilines is 1. The predicted molar refractivity (Wildman–Crippen MR) is 116 cm³/mol. The van der Waals surface area contributed by atoms with E-state index in [0.29, 0.717) is 18.7 Å². The fraction of sp³-hybridized carbons (Fsp3) is 0.240. The molecular weight excluding hydrogens is 360 g/mol. The number of nitrogens with one attached hydrogen (secondary N) is 1. The van der Waals surface area contributed by atoms with Gasteiger partial charge in [-0.15, -0.1) is 0 Å². The maximum absolute atomic E-state index is 13.0. The van der Waals surface area contributed by atoms with Crippen molar-refractivity contribution in [1.29, 1.82) is 0 Å². The lowest BCUT2D eigenvalue weighted by Crippen LogP contribution is -2.42. The third-order valence-electron chi connectivity index (χ3n) is 5.29. The Labute approximate surface area is 172 Å². The zero-order valence-corrected chi connectivity index (χ0v) is 16.7. The van der Waals surface area contributed by atoms with Gasteiger partial charge in [0.1, 0.15) is 11.9 Å². The van der Waals surface area contributed by atoms with Gasteiger partial charge in [0.25, 0.3) is 5.91 Å². The van der Waals surface area contributed by atoms with Crippen LogP contribution in [0.25, 0.3) is 0 Å². The van der Waals surface area contributed by atoms with E-state index in [1.807, 2.05) is 66.4 Å². The number of benzene rings is 3. The summed E-state index contributed by atoms with van der Waals surface area (Å²) in [5.74, 6) is 0.870. The predicted octanol–water partition coefficient (Wildman–Crippen LogP) is 5.28. The molecule has 1 aliphatic rings. The second-order valence-electron chi connectivity index (χ2n) is 7.16. The highest BCUT2D eigenvalue weighted by Crippen LogP contribution is 2.36. The molecule has 3 aromatic carbocycles. The maximum Gasteiger partial charge on any atom is 0.257 e. The van der Waals surface area contributed by atoms with Gasteiger partial charge in [-0.3, -0.25) is 4.79 Å². The molecule has 4 heteroatoms. The van der Waals surface area contributed by atoms with Gasteiger partial charge in [-0.1, -0.05) is 60.7 Å². The minimum Gasteiger partial charge on any atom is -0.493 e. The van der Waals surface area contributed by atoms with Gasteiger partial charge in [-0.2, -0.15) is 0 Å². The van der Waals surface area contributed by atoms with Gasteiger partial charge < -0.3 is 15.0 Å². The SMILES string of the molecule is CCN1C(=O)c2ccccc2NC1c1ccccc1OCCCc1ccccc1. The van der Waals surface area contributed by atoms with Crippen molar-refractivity contribution in [2.75, 3.05) is 18.5 Å². The van der Waals surface area contributed by atoms with Crippen LogP contribution in [0.5, 0.6) is 5.75 Å². The van der Waals surface area contributed by atoms with E-state index in [9.17, 15) is 4.79 Å². The Hall–Kier alpha value is -3.27. The number of para-hydroxylation sites is 2. The molecule has 0 bridgehead atoms. The first-order chi connectivity index (χ1) is 14.3. The molecule has 29 heavy (non-hydrogen) atoms. The molecule has 0 spiro atoms. The summed E-state index contributed by atoms with van der Waals surface area (Å²) >= 11 is 0. The molecule has 4 rings (SSSR count). The molecule has 3 aromatic rings. The zero-order valence-electron chi connectivity index (χ0n) is 16.7. The molecule has 1 heterocycles. The average Bonchev–Trinajstić information content (AvgIpc) is 2.78. The van der Waals surface area contributed by atoms with Crippen molar-refractivity contribution in [3.63, 3.8) is 0 Å². The third-order valence-corrected chi connectivity index (χ3v) is 5.29. The Morgan fingerprint density at radius 2 is 1.66 bits per heavy atom. The van der Waals surface area contributed by atoms with Crippen LogP contribution in [-0.4, -0.2) is 24.0 Å². The lowest BCUT2D eigenvalue weighted by Gasteiger charge is -2.38. The van der Waals surface area contributed by atoms with Gasteiger partial charge in [0.2, 0.25) is 0 Å². The van der Waals surface area contributed by atoms with Crippen LogP contribution >= 0.6 is 0 Å². The number of hydrogen-bond acceptors (Lipinski definition) is 3. The van der Waals surface area contributed by atoms with Gasteiger partial charge in [0.05, 0.1) is 12.2 Å². The second kappa shape index (κ2) is 8.82. The molecule has 0 saturated heterocycles. The molecule has 0 fully saturated rings. The fourth-order valence-electron chi connectivity index (χ4n) is 3.81. The van der Waals surface area contributed by atoms with Crippen LogP contribution < -0.4 is 10.1 Å². The van der Waals surface area contributed by atoms with Crippen molar-refractivity contribution in [2.45, 2.75) is 25.9 Å². The summed E-state index contributed by atoms with van der Waals surface area (Å²) in [7, 11) is 0. The highest BCUT2D eigenvalue weighted by Gasteiger charge is 2.33. The van der Waals surface area contributed by atoms with Crippen LogP contribution in [-0.2, 0) is 6.42 Å². The highest BCUT2D eigenvalue weighted by atomic mass is 16.5. The number of nitrogens with zero attached hydrogens (tertiary/aromatic N) is 1. The van der Waals surface area contributed by atoms with Gasteiger partial charge in [0.15, 0.2) is 0 Å². The molecule has 1 aliphatic heterocycles. The number of amides is 1. The van der Waals surface area contributed by atoms with Crippen LogP contribution in [0, 0.1) is 0 Å². The Balaban J connectivity index is 1.50. The summed E-state index contributed by atoms with van der Waals surface area (Å²) in [6, 6.07) is 26.1. The first-order valence-corrected chi connectivity index (χ1v) is 10.2. The van der Waals surface area contributed by atoms with E-state index in [-0.39, 0.29) is 12.1 Å². The first-order valence-electron chi connectivity index (χ1n) is 10.2. The minimum absolute atomic E-state index is 0.0470. The van der Waals surface area contributed by atoms with E-state index in [4.69, 9.17) is 4.74 Å². The van der Waals surface area contributed by atoms with Crippen LogP contribution in [0.1, 0.15) is 41.0 Å². The Bertz CT molecular complexity index is 971. The lowest BCUT2D eigenvalue weighted by atomic mass is 10.0. The topological polar surface area (TPSA) is 41.6 Å². The molecule has 0 aliphatic carbocycles. The maximum atomic E-state index is 13.0. The van der Waals surface area contributed by atoms with E-state index in [2.05, 4.69) is 29.6 Å². The average molecular weight is 386 g/mol. The summed E-state index contributed by atoms with van der Waals surface area (Å²) in [5.41, 5.74) is 3.88. The molecule has 1 atom stereocenters. The fourth-order valence-corrected chi connectivity index (χ4v) is 3.81. The molecule has 0 radical (unpaired) electrons. The van der Waals surface area contributed by atoms with Crippen molar-refractivity contribution in [1.82, 2.24) is 4.90 Å². The number of aryl methyl sites for hydroxylation is 1. The summed E-state index contributed by atoms with van der Waals surface area (Å²) < 4.78 is 6.15. The van der Waals surface area contributed by atoms with Gasteiger partial charge in [-0.25, -0.2) is 0 Å². The van der Waals surface area contributed by atoms with Crippen molar-refractivity contribution < 1.29 is 9.53 Å². The zero-order chi connectivity index (χ0) is 20.1. The van der Waals surface area contributed by atoms with Gasteiger partial charge in [-0.05, 0) is 43.5 Å². The van der Waals surface area contributed by atoms with Crippen LogP contribution in [0.3, 0.4) is 0 Å². The second-order valence-corrected chi connectivity index (χ2v) is 7.16. The third kappa shape index (κ3) is 4.11. The number of fused-ring (bicyclic) bond motifs is 1. The number of rotatable bonds is 7. The van der Waals surface area contributed by atoms with E-state index in [1.165, 1.54) is 5.56 Å². The van der Waals surface area contributed by atoms with E-state index in [0.717, 1.165) is 29.8 Å². The standard InChI is InChI=1S/C25H26N2O2/c1-2-27-24(26-22-16-8-6-14-20(22)25(27)28)21-15-7-9-17-23(21)29-18-10-13-19-11-4-3-5-12-19/h3-9,11-12,14-17,24,26H,2,10,13,18H2,1H3. The summed E-state index contributed by atoms with van der Waals surface area (Å²) in [5, 5.41) is 3.53. The molecule has 148 valence electrons. The van der Waals surface area contributed by atoms with Gasteiger partial charge >= 0.3 is 0 Å². The minimum atomic E-state index is -0.243. The normalized spacial score (nSPS) is 15.6. The first kappa shape index (κ1) is 19.1. The quantitative estimate of drug-likeness (QED) is 0.561. The highest BCUT2D eigenvalue weighted by molar-refractivity contribution is 6.01. The molecule has 1 amide bonds. The van der Waals surface area contributed by atoms with E-state index in [1.54, 1.807) is 0 Å². The van der Waals surface area contributed by atoms with Crippen molar-refractivity contribution in [2.24, 2.45) is 0 Å². The smallest absolute Gasteiger partial charge is 0.257 e. The Kier molecular flexibility index (Phi) is 5.80. The van der Waals surface area contributed by atoms with Crippen LogP contribution in [0.4, 0.5) is 5.69 Å². The van der Waals surface area contributed by atoms with Crippen molar-refractivity contribution in [3.05, 3.63) is 95.6 Å². The van der Waals surface area contributed by atoms with E-state index < -0.39 is 0 Å². The number of ether oxygens (including phenoxy) is 1. The molecule has 0 aromatic heterocycles. The summed E-state index contributed by atoms with van der Waals surface area (Å²) in [6.45, 7) is 3.26. The summed E-state index contributed by atoms with van der Waals surface area (Å²) in [6.07, 6.45) is 1.68. The Morgan fingerprint density at radius 3 is 2.48 bits per heavy atom.